The summed E-state index contributed by atoms with van der Waals surface area (Å²) in [6.45, 7) is 1.92. The van der Waals surface area contributed by atoms with E-state index in [0.29, 0.717) is 11.0 Å². The van der Waals surface area contributed by atoms with E-state index in [-0.39, 0.29) is 10.7 Å². The highest BCUT2D eigenvalue weighted by molar-refractivity contribution is 7.98. The van der Waals surface area contributed by atoms with Gasteiger partial charge < -0.3 is 5.32 Å². The predicted molar refractivity (Wildman–Crippen MR) is 75.8 cm³/mol. The van der Waals surface area contributed by atoms with E-state index in [2.05, 4.69) is 20.3 Å². The fraction of sp³-hybridized carbons (Fsp3) is 0.167. The van der Waals surface area contributed by atoms with Gasteiger partial charge in [-0.2, -0.15) is 0 Å². The molecule has 0 aliphatic heterocycles. The van der Waals surface area contributed by atoms with E-state index in [1.807, 2.05) is 19.2 Å². The van der Waals surface area contributed by atoms with Gasteiger partial charge in [0.1, 0.15) is 5.82 Å². The van der Waals surface area contributed by atoms with Gasteiger partial charge in [-0.25, -0.2) is 15.0 Å². The number of thioether (sulfide) groups is 1. The molecule has 98 valence electrons. The lowest BCUT2D eigenvalue weighted by Gasteiger charge is -2.06. The molecule has 2 rings (SSSR count). The molecule has 0 spiro atoms. The third kappa shape index (κ3) is 3.42. The van der Waals surface area contributed by atoms with Crippen molar-refractivity contribution in [1.29, 1.82) is 0 Å². The Bertz CT molecular complexity index is 620. The largest absolute Gasteiger partial charge is 0.305 e. The number of halogens is 1. The fourth-order valence-electron chi connectivity index (χ4n) is 1.39. The van der Waals surface area contributed by atoms with Crippen molar-refractivity contribution >= 4 is 35.1 Å². The van der Waals surface area contributed by atoms with Gasteiger partial charge in [0.15, 0.2) is 10.9 Å². The summed E-state index contributed by atoms with van der Waals surface area (Å²) in [5.41, 5.74) is 1.15. The maximum Gasteiger partial charge on any atom is 0.277 e. The average Bonchev–Trinajstić information content (AvgIpc) is 2.39. The quantitative estimate of drug-likeness (QED) is 0.696. The van der Waals surface area contributed by atoms with Gasteiger partial charge in [0, 0.05) is 6.20 Å². The Labute approximate surface area is 119 Å². The zero-order valence-electron chi connectivity index (χ0n) is 10.3. The lowest BCUT2D eigenvalue weighted by molar-refractivity contribution is 0.102. The average molecular weight is 295 g/mol. The van der Waals surface area contributed by atoms with Crippen LogP contribution in [-0.2, 0) is 0 Å². The van der Waals surface area contributed by atoms with E-state index < -0.39 is 5.91 Å². The summed E-state index contributed by atoms with van der Waals surface area (Å²) in [6.07, 6.45) is 4.87. The molecule has 2 heterocycles. The van der Waals surface area contributed by atoms with E-state index in [0.717, 1.165) is 5.56 Å². The Morgan fingerprint density at radius 1 is 1.42 bits per heavy atom. The first-order chi connectivity index (χ1) is 9.10. The van der Waals surface area contributed by atoms with Crippen LogP contribution in [0.3, 0.4) is 0 Å². The molecule has 0 saturated heterocycles. The zero-order valence-corrected chi connectivity index (χ0v) is 11.9. The summed E-state index contributed by atoms with van der Waals surface area (Å²) in [6, 6.07) is 3.61. The first kappa shape index (κ1) is 13.8. The van der Waals surface area contributed by atoms with Crippen molar-refractivity contribution in [1.82, 2.24) is 15.0 Å². The molecular weight excluding hydrogens is 284 g/mol. The summed E-state index contributed by atoms with van der Waals surface area (Å²) in [4.78, 5) is 24.2. The molecule has 7 heteroatoms. The Hall–Kier alpha value is -1.66. The van der Waals surface area contributed by atoms with Gasteiger partial charge in [0.05, 0.1) is 11.2 Å². The maximum absolute atomic E-state index is 12.1. The number of pyridine rings is 1. The van der Waals surface area contributed by atoms with Gasteiger partial charge in [-0.3, -0.25) is 4.79 Å². The monoisotopic (exact) mass is 294 g/mol. The highest BCUT2D eigenvalue weighted by Crippen LogP contribution is 2.17. The summed E-state index contributed by atoms with van der Waals surface area (Å²) < 4.78 is 0. The van der Waals surface area contributed by atoms with Gasteiger partial charge in [0.2, 0.25) is 0 Å². The molecule has 0 unspecified atom stereocenters. The summed E-state index contributed by atoms with van der Waals surface area (Å²) >= 11 is 7.27. The van der Waals surface area contributed by atoms with Crippen LogP contribution in [0, 0.1) is 6.92 Å². The second-order valence-electron chi connectivity index (χ2n) is 3.73. The standard InChI is InChI=1S/C12H11ClN4OS/c1-7-3-4-14-9(5-7)16-11(18)10-8(13)6-15-12(17-10)19-2/h3-6H,1-2H3,(H,14,16,18). The third-order valence-corrected chi connectivity index (χ3v) is 3.12. The number of aromatic nitrogens is 3. The molecule has 0 aliphatic rings. The molecule has 0 fully saturated rings. The van der Waals surface area contributed by atoms with Crippen molar-refractivity contribution in [2.75, 3.05) is 11.6 Å². The van der Waals surface area contributed by atoms with Gasteiger partial charge in [-0.05, 0) is 30.9 Å². The topological polar surface area (TPSA) is 67.8 Å². The van der Waals surface area contributed by atoms with Crippen LogP contribution in [0.1, 0.15) is 16.1 Å². The van der Waals surface area contributed by atoms with Gasteiger partial charge in [-0.15, -0.1) is 0 Å². The summed E-state index contributed by atoms with van der Waals surface area (Å²) in [7, 11) is 0. The Morgan fingerprint density at radius 2 is 2.21 bits per heavy atom. The number of carbonyl (C=O) groups excluding carboxylic acids is 1. The van der Waals surface area contributed by atoms with Crippen LogP contribution in [0.5, 0.6) is 0 Å². The van der Waals surface area contributed by atoms with Crippen LogP contribution in [0.25, 0.3) is 0 Å². The van der Waals surface area contributed by atoms with Crippen LogP contribution >= 0.6 is 23.4 Å². The minimum absolute atomic E-state index is 0.143. The number of hydrogen-bond donors (Lipinski definition) is 1. The van der Waals surface area contributed by atoms with E-state index in [1.165, 1.54) is 18.0 Å². The second kappa shape index (κ2) is 5.99. The van der Waals surface area contributed by atoms with E-state index in [9.17, 15) is 4.79 Å². The Balaban J connectivity index is 2.25. The molecule has 0 atom stereocenters. The van der Waals surface area contributed by atoms with Crippen molar-refractivity contribution < 1.29 is 4.79 Å². The molecule has 1 amide bonds. The number of aryl methyl sites for hydroxylation is 1. The number of amides is 1. The summed E-state index contributed by atoms with van der Waals surface area (Å²) in [5, 5.41) is 3.36. The predicted octanol–water partition coefficient (Wildman–Crippen LogP) is 2.81. The molecule has 19 heavy (non-hydrogen) atoms. The van der Waals surface area contributed by atoms with Crippen LogP contribution < -0.4 is 5.32 Å². The molecule has 1 N–H and O–H groups in total. The smallest absolute Gasteiger partial charge is 0.277 e. The number of anilines is 1. The van der Waals surface area contributed by atoms with Crippen LogP contribution in [0.15, 0.2) is 29.7 Å². The van der Waals surface area contributed by atoms with Crippen LogP contribution in [-0.4, -0.2) is 27.1 Å². The lowest BCUT2D eigenvalue weighted by Crippen LogP contribution is -2.16. The molecule has 0 aliphatic carbocycles. The number of nitrogens with one attached hydrogen (secondary N) is 1. The van der Waals surface area contributed by atoms with Crippen molar-refractivity contribution in [2.24, 2.45) is 0 Å². The number of carbonyl (C=O) groups is 1. The van der Waals surface area contributed by atoms with Crippen molar-refractivity contribution in [3.63, 3.8) is 0 Å². The fourth-order valence-corrected chi connectivity index (χ4v) is 1.91. The number of hydrogen-bond acceptors (Lipinski definition) is 5. The third-order valence-electron chi connectivity index (χ3n) is 2.28. The minimum atomic E-state index is -0.402. The van der Waals surface area contributed by atoms with Gasteiger partial charge in [0.25, 0.3) is 5.91 Å². The molecule has 0 radical (unpaired) electrons. The molecule has 0 bridgehead atoms. The Kier molecular flexibility index (Phi) is 4.34. The molecule has 2 aromatic heterocycles. The Morgan fingerprint density at radius 3 is 2.89 bits per heavy atom. The van der Waals surface area contributed by atoms with Crippen LogP contribution in [0.4, 0.5) is 5.82 Å². The summed E-state index contributed by atoms with van der Waals surface area (Å²) in [5.74, 6) is 0.0613. The first-order valence-corrected chi connectivity index (χ1v) is 7.01. The highest BCUT2D eigenvalue weighted by Gasteiger charge is 2.14. The molecular formula is C12H11ClN4OS. The van der Waals surface area contributed by atoms with Crippen LogP contribution in [0.2, 0.25) is 5.02 Å². The van der Waals surface area contributed by atoms with Gasteiger partial charge in [-0.1, -0.05) is 23.4 Å². The molecule has 0 aromatic carbocycles. The van der Waals surface area contributed by atoms with Crippen molar-refractivity contribution in [2.45, 2.75) is 12.1 Å². The second-order valence-corrected chi connectivity index (χ2v) is 4.91. The highest BCUT2D eigenvalue weighted by atomic mass is 35.5. The molecule has 0 saturated carbocycles. The van der Waals surface area contributed by atoms with E-state index in [1.54, 1.807) is 12.3 Å². The first-order valence-electron chi connectivity index (χ1n) is 5.40. The zero-order chi connectivity index (χ0) is 13.8. The lowest BCUT2D eigenvalue weighted by atomic mass is 10.3. The number of rotatable bonds is 3. The normalized spacial score (nSPS) is 10.3. The van der Waals surface area contributed by atoms with Gasteiger partial charge >= 0.3 is 0 Å². The van der Waals surface area contributed by atoms with Crippen molar-refractivity contribution in [3.8, 4) is 0 Å². The van der Waals surface area contributed by atoms with E-state index >= 15 is 0 Å². The molecule has 5 nitrogen and oxygen atoms in total. The molecule has 2 aromatic rings. The minimum Gasteiger partial charge on any atom is -0.305 e. The van der Waals surface area contributed by atoms with Crippen molar-refractivity contribution in [3.05, 3.63) is 40.8 Å². The van der Waals surface area contributed by atoms with E-state index in [4.69, 9.17) is 11.6 Å². The maximum atomic E-state index is 12.1. The number of nitrogens with zero attached hydrogens (tertiary/aromatic N) is 3. The SMILES string of the molecule is CSc1ncc(Cl)c(C(=O)Nc2cc(C)ccn2)n1.